The summed E-state index contributed by atoms with van der Waals surface area (Å²) in [4.78, 5) is 11.1. The molecule has 1 fully saturated rings. The Morgan fingerprint density at radius 2 is 2.50 bits per heavy atom. The zero-order chi connectivity index (χ0) is 10.2. The molecule has 0 bridgehead atoms. The number of carboxylic acid groups (broad SMARTS) is 1. The smallest absolute Gasteiger partial charge is 0.329 e. The van der Waals surface area contributed by atoms with Gasteiger partial charge in [0.2, 0.25) is 5.13 Å². The molecule has 76 valence electrons. The van der Waals surface area contributed by atoms with Crippen LogP contribution in [0.2, 0.25) is 0 Å². The molecule has 1 aliphatic rings. The van der Waals surface area contributed by atoms with Crippen LogP contribution in [0.3, 0.4) is 0 Å². The predicted molar refractivity (Wildman–Crippen MR) is 52.3 cm³/mol. The van der Waals surface area contributed by atoms with Crippen molar-refractivity contribution >= 4 is 22.4 Å². The standard InChI is InChI=1S/C8H11N3O2S/c1-8(6(12)13,5-2-3-5)10-7-11-9-4-14-7/h4-5H,2-3H2,1H3,(H,10,11)(H,12,13). The van der Waals surface area contributed by atoms with Crippen molar-refractivity contribution in [2.24, 2.45) is 5.92 Å². The van der Waals surface area contributed by atoms with Crippen LogP contribution in [0.4, 0.5) is 5.13 Å². The summed E-state index contributed by atoms with van der Waals surface area (Å²) < 4.78 is 0. The summed E-state index contributed by atoms with van der Waals surface area (Å²) in [6.07, 6.45) is 1.93. The SMILES string of the molecule is CC(Nc1nncs1)(C(=O)O)C1CC1. The van der Waals surface area contributed by atoms with Crippen molar-refractivity contribution in [1.82, 2.24) is 10.2 Å². The Morgan fingerprint density at radius 1 is 1.79 bits per heavy atom. The fourth-order valence-corrected chi connectivity index (χ4v) is 2.00. The van der Waals surface area contributed by atoms with Crippen molar-refractivity contribution in [2.75, 3.05) is 5.32 Å². The van der Waals surface area contributed by atoms with Crippen LogP contribution in [0.15, 0.2) is 5.51 Å². The molecule has 5 nitrogen and oxygen atoms in total. The lowest BCUT2D eigenvalue weighted by molar-refractivity contribution is -0.142. The van der Waals surface area contributed by atoms with E-state index in [0.717, 1.165) is 12.8 Å². The van der Waals surface area contributed by atoms with Gasteiger partial charge in [-0.1, -0.05) is 11.3 Å². The van der Waals surface area contributed by atoms with E-state index >= 15 is 0 Å². The second-order valence-electron chi connectivity index (χ2n) is 3.65. The van der Waals surface area contributed by atoms with Gasteiger partial charge in [-0.25, -0.2) is 4.79 Å². The third kappa shape index (κ3) is 1.57. The molecule has 0 amide bonds. The van der Waals surface area contributed by atoms with Gasteiger partial charge in [-0.15, -0.1) is 10.2 Å². The Labute approximate surface area is 85.2 Å². The maximum atomic E-state index is 11.1. The summed E-state index contributed by atoms with van der Waals surface area (Å²) in [7, 11) is 0. The number of carboxylic acids is 1. The summed E-state index contributed by atoms with van der Waals surface area (Å²) in [6, 6.07) is 0. The number of hydrogen-bond acceptors (Lipinski definition) is 5. The third-order valence-electron chi connectivity index (χ3n) is 2.56. The molecule has 1 aromatic rings. The predicted octanol–water partition coefficient (Wildman–Crippen LogP) is 1.20. The molecule has 14 heavy (non-hydrogen) atoms. The summed E-state index contributed by atoms with van der Waals surface area (Å²) in [5.41, 5.74) is 0.692. The molecule has 1 atom stereocenters. The molecule has 0 saturated heterocycles. The molecule has 1 unspecified atom stereocenters. The molecule has 1 aromatic heterocycles. The second kappa shape index (κ2) is 3.20. The lowest BCUT2D eigenvalue weighted by atomic mass is 9.96. The molecule has 2 rings (SSSR count). The van der Waals surface area contributed by atoms with E-state index in [0.29, 0.717) is 5.13 Å². The van der Waals surface area contributed by atoms with Gasteiger partial charge in [-0.3, -0.25) is 0 Å². The Bertz CT molecular complexity index is 336. The normalized spacial score (nSPS) is 20.1. The molecule has 0 aliphatic heterocycles. The van der Waals surface area contributed by atoms with E-state index in [1.165, 1.54) is 11.3 Å². The summed E-state index contributed by atoms with van der Waals surface area (Å²) in [5.74, 6) is -0.612. The van der Waals surface area contributed by atoms with Crippen LogP contribution in [0.1, 0.15) is 19.8 Å². The molecule has 1 saturated carbocycles. The van der Waals surface area contributed by atoms with Crippen molar-refractivity contribution < 1.29 is 9.90 Å². The van der Waals surface area contributed by atoms with Crippen molar-refractivity contribution in [1.29, 1.82) is 0 Å². The van der Waals surface area contributed by atoms with Gasteiger partial charge in [0.05, 0.1) is 0 Å². The first-order valence-electron chi connectivity index (χ1n) is 4.40. The van der Waals surface area contributed by atoms with E-state index < -0.39 is 11.5 Å². The van der Waals surface area contributed by atoms with Gasteiger partial charge < -0.3 is 10.4 Å². The van der Waals surface area contributed by atoms with Crippen LogP contribution >= 0.6 is 11.3 Å². The monoisotopic (exact) mass is 213 g/mol. The van der Waals surface area contributed by atoms with Gasteiger partial charge in [0.1, 0.15) is 11.0 Å². The van der Waals surface area contributed by atoms with E-state index in [1.807, 2.05) is 0 Å². The van der Waals surface area contributed by atoms with E-state index in [4.69, 9.17) is 5.11 Å². The maximum Gasteiger partial charge on any atom is 0.329 e. The number of rotatable bonds is 4. The number of hydrogen-bond donors (Lipinski definition) is 2. The molecule has 1 heterocycles. The highest BCUT2D eigenvalue weighted by molar-refractivity contribution is 7.13. The highest BCUT2D eigenvalue weighted by Gasteiger charge is 2.48. The molecule has 1 aliphatic carbocycles. The van der Waals surface area contributed by atoms with Gasteiger partial charge in [0.25, 0.3) is 0 Å². The highest BCUT2D eigenvalue weighted by Crippen LogP contribution is 2.41. The van der Waals surface area contributed by atoms with Crippen LogP contribution in [-0.4, -0.2) is 26.8 Å². The lowest BCUT2D eigenvalue weighted by Crippen LogP contribution is -2.45. The molecular weight excluding hydrogens is 202 g/mol. The van der Waals surface area contributed by atoms with E-state index in [1.54, 1.807) is 12.4 Å². The topological polar surface area (TPSA) is 75.1 Å². The van der Waals surface area contributed by atoms with Crippen LogP contribution in [-0.2, 0) is 4.79 Å². The van der Waals surface area contributed by atoms with Crippen LogP contribution < -0.4 is 5.32 Å². The minimum absolute atomic E-state index is 0.212. The molecule has 0 spiro atoms. The van der Waals surface area contributed by atoms with Crippen LogP contribution in [0, 0.1) is 5.92 Å². The van der Waals surface area contributed by atoms with Crippen molar-refractivity contribution in [3.8, 4) is 0 Å². The van der Waals surface area contributed by atoms with Gasteiger partial charge in [0, 0.05) is 0 Å². The van der Waals surface area contributed by atoms with Crippen LogP contribution in [0.5, 0.6) is 0 Å². The number of carbonyl (C=O) groups is 1. The van der Waals surface area contributed by atoms with E-state index in [9.17, 15) is 4.79 Å². The first kappa shape index (κ1) is 9.39. The number of aromatic nitrogens is 2. The van der Waals surface area contributed by atoms with Gasteiger partial charge in [0.15, 0.2) is 0 Å². The molecule has 0 radical (unpaired) electrons. The zero-order valence-corrected chi connectivity index (χ0v) is 8.54. The minimum Gasteiger partial charge on any atom is -0.480 e. The number of nitrogens with zero attached hydrogens (tertiary/aromatic N) is 2. The lowest BCUT2D eigenvalue weighted by Gasteiger charge is -2.25. The highest BCUT2D eigenvalue weighted by atomic mass is 32.1. The van der Waals surface area contributed by atoms with Gasteiger partial charge >= 0.3 is 5.97 Å². The zero-order valence-electron chi connectivity index (χ0n) is 7.73. The fourth-order valence-electron chi connectivity index (χ4n) is 1.44. The van der Waals surface area contributed by atoms with E-state index in [-0.39, 0.29) is 5.92 Å². The number of aliphatic carboxylic acids is 1. The average Bonchev–Trinajstić information content (AvgIpc) is 2.87. The Morgan fingerprint density at radius 3 is 2.93 bits per heavy atom. The van der Waals surface area contributed by atoms with Crippen molar-refractivity contribution in [3.63, 3.8) is 0 Å². The van der Waals surface area contributed by atoms with E-state index in [2.05, 4.69) is 15.5 Å². The van der Waals surface area contributed by atoms with Crippen LogP contribution in [0.25, 0.3) is 0 Å². The average molecular weight is 213 g/mol. The molecule has 6 heteroatoms. The summed E-state index contributed by atoms with van der Waals surface area (Å²) in [5, 5.41) is 20.1. The molecule has 2 N–H and O–H groups in total. The molecular formula is C8H11N3O2S. The second-order valence-corrected chi connectivity index (χ2v) is 4.48. The minimum atomic E-state index is -0.889. The quantitative estimate of drug-likeness (QED) is 0.786. The van der Waals surface area contributed by atoms with Crippen molar-refractivity contribution in [3.05, 3.63) is 5.51 Å². The summed E-state index contributed by atoms with van der Waals surface area (Å²) >= 11 is 1.32. The first-order chi connectivity index (χ1) is 6.63. The van der Waals surface area contributed by atoms with Gasteiger partial charge in [-0.2, -0.15) is 0 Å². The third-order valence-corrected chi connectivity index (χ3v) is 3.17. The number of anilines is 1. The Hall–Kier alpha value is -1.17. The summed E-state index contributed by atoms with van der Waals surface area (Å²) in [6.45, 7) is 1.70. The maximum absolute atomic E-state index is 11.1. The fraction of sp³-hybridized carbons (Fsp3) is 0.625. The Balaban J connectivity index is 2.15. The largest absolute Gasteiger partial charge is 0.480 e. The first-order valence-corrected chi connectivity index (χ1v) is 5.28. The molecule has 0 aromatic carbocycles. The Kier molecular flexibility index (Phi) is 2.14. The number of nitrogens with one attached hydrogen (secondary N) is 1. The van der Waals surface area contributed by atoms with Gasteiger partial charge in [-0.05, 0) is 25.7 Å². The van der Waals surface area contributed by atoms with Crippen molar-refractivity contribution in [2.45, 2.75) is 25.3 Å².